The van der Waals surface area contributed by atoms with E-state index in [1.54, 1.807) is 13.2 Å². The van der Waals surface area contributed by atoms with E-state index in [4.69, 9.17) is 25.8 Å². The molecule has 0 atom stereocenters. The molecule has 0 radical (unpaired) electrons. The van der Waals surface area contributed by atoms with E-state index >= 15 is 0 Å². The molecule has 0 unspecified atom stereocenters. The number of thioether (sulfide) groups is 1. The van der Waals surface area contributed by atoms with Gasteiger partial charge in [-0.1, -0.05) is 29.8 Å². The fraction of sp³-hybridized carbons (Fsp3) is 0.172. The zero-order valence-corrected chi connectivity index (χ0v) is 22.2. The van der Waals surface area contributed by atoms with Crippen molar-refractivity contribution in [3.05, 3.63) is 99.9 Å². The summed E-state index contributed by atoms with van der Waals surface area (Å²) in [6.45, 7) is 6.77. The minimum absolute atomic E-state index is 0.206. The number of nitrogens with one attached hydrogen (secondary N) is 1. The quantitative estimate of drug-likeness (QED) is 0.225. The van der Waals surface area contributed by atoms with Gasteiger partial charge in [-0.15, -0.1) is 6.58 Å². The number of halogens is 1. The van der Waals surface area contributed by atoms with Crippen molar-refractivity contribution in [3.8, 4) is 17.2 Å². The van der Waals surface area contributed by atoms with E-state index in [9.17, 15) is 4.79 Å². The largest absolute Gasteiger partial charge is 0.494 e. The third-order valence-corrected chi connectivity index (χ3v) is 6.52. The van der Waals surface area contributed by atoms with Gasteiger partial charge in [-0.25, -0.2) is 4.99 Å². The van der Waals surface area contributed by atoms with Gasteiger partial charge in [-0.2, -0.15) is 0 Å². The lowest BCUT2D eigenvalue weighted by Gasteiger charge is -2.16. The van der Waals surface area contributed by atoms with Crippen molar-refractivity contribution in [2.75, 3.05) is 13.7 Å². The van der Waals surface area contributed by atoms with Crippen molar-refractivity contribution < 1.29 is 19.0 Å². The van der Waals surface area contributed by atoms with E-state index in [0.29, 0.717) is 46.2 Å². The smallest absolute Gasteiger partial charge is 0.264 e. The van der Waals surface area contributed by atoms with Gasteiger partial charge in [0, 0.05) is 10.6 Å². The van der Waals surface area contributed by atoms with Crippen LogP contribution in [0.2, 0.25) is 5.02 Å². The SMILES string of the molecule is C=CCc1cc(/C=C2/SC(=Nc3ccc(OCC)cc3)NC2=O)cc(OC)c1OCc1ccc(Cl)cc1. The van der Waals surface area contributed by atoms with E-state index in [0.717, 1.165) is 28.1 Å². The number of hydrogen-bond donors (Lipinski definition) is 1. The zero-order valence-electron chi connectivity index (χ0n) is 20.6. The number of hydrogen-bond acceptors (Lipinski definition) is 6. The molecule has 0 bridgehead atoms. The Balaban J connectivity index is 1.55. The van der Waals surface area contributed by atoms with Crippen LogP contribution in [0.3, 0.4) is 0 Å². The predicted octanol–water partition coefficient (Wildman–Crippen LogP) is 6.95. The Morgan fingerprint density at radius 2 is 1.84 bits per heavy atom. The second-order valence-corrected chi connectivity index (χ2v) is 9.50. The van der Waals surface area contributed by atoms with Crippen LogP contribution in [0.4, 0.5) is 5.69 Å². The molecule has 1 saturated heterocycles. The molecule has 6 nitrogen and oxygen atoms in total. The Hall–Kier alpha value is -3.68. The average molecular weight is 535 g/mol. The fourth-order valence-electron chi connectivity index (χ4n) is 3.66. The molecule has 1 heterocycles. The van der Waals surface area contributed by atoms with E-state index in [-0.39, 0.29) is 5.91 Å². The molecule has 0 aliphatic carbocycles. The third-order valence-electron chi connectivity index (χ3n) is 5.36. The fourth-order valence-corrected chi connectivity index (χ4v) is 4.63. The van der Waals surface area contributed by atoms with Crippen LogP contribution in [0.25, 0.3) is 6.08 Å². The van der Waals surface area contributed by atoms with Crippen molar-refractivity contribution in [2.24, 2.45) is 4.99 Å². The minimum Gasteiger partial charge on any atom is -0.494 e. The van der Waals surface area contributed by atoms with Gasteiger partial charge in [0.15, 0.2) is 16.7 Å². The van der Waals surface area contributed by atoms with Crippen molar-refractivity contribution in [1.29, 1.82) is 0 Å². The molecule has 0 spiro atoms. The van der Waals surface area contributed by atoms with Crippen molar-refractivity contribution in [1.82, 2.24) is 5.32 Å². The number of amides is 1. The van der Waals surface area contributed by atoms with Gasteiger partial charge in [0.2, 0.25) is 0 Å². The molecule has 3 aromatic rings. The van der Waals surface area contributed by atoms with Crippen LogP contribution < -0.4 is 19.5 Å². The van der Waals surface area contributed by atoms with Crippen molar-refractivity contribution in [3.63, 3.8) is 0 Å². The number of benzene rings is 3. The molecule has 3 aromatic carbocycles. The topological polar surface area (TPSA) is 69.2 Å². The number of aliphatic imine (C=N–C) groups is 1. The summed E-state index contributed by atoms with van der Waals surface area (Å²) in [6, 6.07) is 18.7. The number of carbonyl (C=O) groups is 1. The summed E-state index contributed by atoms with van der Waals surface area (Å²) < 4.78 is 17.3. The lowest BCUT2D eigenvalue weighted by Crippen LogP contribution is -2.19. The number of amidine groups is 1. The summed E-state index contributed by atoms with van der Waals surface area (Å²) in [5.74, 6) is 1.79. The summed E-state index contributed by atoms with van der Waals surface area (Å²) in [7, 11) is 1.59. The highest BCUT2D eigenvalue weighted by atomic mass is 35.5. The number of nitrogens with zero attached hydrogens (tertiary/aromatic N) is 1. The second kappa shape index (κ2) is 12.5. The number of ether oxygens (including phenoxy) is 3. The van der Waals surface area contributed by atoms with Gasteiger partial charge in [0.25, 0.3) is 5.91 Å². The number of methoxy groups -OCH3 is 1. The third kappa shape index (κ3) is 6.96. The average Bonchev–Trinajstić information content (AvgIpc) is 3.23. The van der Waals surface area contributed by atoms with Crippen LogP contribution in [-0.2, 0) is 17.8 Å². The van der Waals surface area contributed by atoms with E-state index in [1.807, 2.05) is 73.7 Å². The normalized spacial score (nSPS) is 15.1. The van der Waals surface area contributed by atoms with Crippen molar-refractivity contribution in [2.45, 2.75) is 20.0 Å². The van der Waals surface area contributed by atoms with Gasteiger partial charge >= 0.3 is 0 Å². The number of carbonyl (C=O) groups excluding carboxylic acids is 1. The highest BCUT2D eigenvalue weighted by molar-refractivity contribution is 8.18. The molecule has 0 aromatic heterocycles. The van der Waals surface area contributed by atoms with Gasteiger partial charge in [0.05, 0.1) is 24.3 Å². The zero-order chi connectivity index (χ0) is 26.2. The first-order valence-corrected chi connectivity index (χ1v) is 12.9. The molecule has 1 amide bonds. The van der Waals surface area contributed by atoms with Crippen LogP contribution in [0, 0.1) is 0 Å². The summed E-state index contributed by atoms with van der Waals surface area (Å²) in [5.41, 5.74) is 3.43. The number of rotatable bonds is 10. The van der Waals surface area contributed by atoms with E-state index in [2.05, 4.69) is 16.9 Å². The van der Waals surface area contributed by atoms with E-state index in [1.165, 1.54) is 11.8 Å². The highest BCUT2D eigenvalue weighted by Gasteiger charge is 2.24. The molecular weight excluding hydrogens is 508 g/mol. The van der Waals surface area contributed by atoms with E-state index < -0.39 is 0 Å². The first kappa shape index (κ1) is 26.4. The molecule has 37 heavy (non-hydrogen) atoms. The Bertz CT molecular complexity index is 1340. The Kier molecular flexibility index (Phi) is 8.93. The first-order chi connectivity index (χ1) is 18.0. The monoisotopic (exact) mass is 534 g/mol. The molecule has 0 saturated carbocycles. The van der Waals surface area contributed by atoms with Crippen LogP contribution >= 0.6 is 23.4 Å². The van der Waals surface area contributed by atoms with Crippen LogP contribution in [0.1, 0.15) is 23.6 Å². The molecular formula is C29H27ClN2O4S. The highest BCUT2D eigenvalue weighted by Crippen LogP contribution is 2.36. The molecule has 8 heteroatoms. The molecule has 1 N–H and O–H groups in total. The van der Waals surface area contributed by atoms with Gasteiger partial charge in [0.1, 0.15) is 12.4 Å². The summed E-state index contributed by atoms with van der Waals surface area (Å²) >= 11 is 7.27. The summed E-state index contributed by atoms with van der Waals surface area (Å²) in [5, 5.41) is 4.02. The van der Waals surface area contributed by atoms with Crippen LogP contribution in [0.5, 0.6) is 17.2 Å². The van der Waals surface area contributed by atoms with Crippen molar-refractivity contribution >= 4 is 46.2 Å². The molecule has 190 valence electrons. The molecule has 1 aliphatic rings. The predicted molar refractivity (Wildman–Crippen MR) is 151 cm³/mol. The first-order valence-electron chi connectivity index (χ1n) is 11.7. The summed E-state index contributed by atoms with van der Waals surface area (Å²) in [4.78, 5) is 17.7. The number of allylic oxidation sites excluding steroid dienone is 1. The maximum Gasteiger partial charge on any atom is 0.264 e. The molecule has 4 rings (SSSR count). The Morgan fingerprint density at radius 3 is 2.51 bits per heavy atom. The van der Waals surface area contributed by atoms with Crippen LogP contribution in [0.15, 0.2) is 83.2 Å². The van der Waals surface area contributed by atoms with Crippen LogP contribution in [-0.4, -0.2) is 24.8 Å². The molecule has 1 fully saturated rings. The maximum atomic E-state index is 12.7. The van der Waals surface area contributed by atoms with Gasteiger partial charge < -0.3 is 19.5 Å². The summed E-state index contributed by atoms with van der Waals surface area (Å²) in [6.07, 6.45) is 4.20. The lowest BCUT2D eigenvalue weighted by molar-refractivity contribution is -0.115. The second-order valence-electron chi connectivity index (χ2n) is 8.03. The lowest BCUT2D eigenvalue weighted by atomic mass is 10.0. The maximum absolute atomic E-state index is 12.7. The Labute approximate surface area is 226 Å². The standard InChI is InChI=1S/C29H27ClN2O4S/c1-4-6-21-15-20(16-25(34-3)27(21)36-18-19-7-9-22(30)10-8-19)17-26-28(33)32-29(37-26)31-23-11-13-24(14-12-23)35-5-2/h4,7-17H,1,5-6,18H2,2-3H3,(H,31,32,33)/b26-17+. The van der Waals surface area contributed by atoms with Gasteiger partial charge in [-0.3, -0.25) is 4.79 Å². The molecule has 1 aliphatic heterocycles. The Morgan fingerprint density at radius 1 is 1.08 bits per heavy atom. The van der Waals surface area contributed by atoms with Gasteiger partial charge in [-0.05, 0) is 90.8 Å². The minimum atomic E-state index is -0.206.